The van der Waals surface area contributed by atoms with Crippen molar-refractivity contribution in [3.8, 4) is 0 Å². The number of para-hydroxylation sites is 1. The number of aryl methyl sites for hydroxylation is 1. The zero-order valence-electron chi connectivity index (χ0n) is 24.5. The smallest absolute Gasteiger partial charge is 0.306 e. The fourth-order valence-corrected chi connectivity index (χ4v) is 5.26. The standard InChI is InChI=1S/C33H38F2N4O4/c1-3-22-6-4-7-23(14-22)19-37-20-30(28(36)17-24-15-26(34)18-27(35)16-24)43-32(42)11-10-31(41)38-29-9-5-8-25-12-13-39(21(2)40)33(25)29/h4-9,14-16,18,28,30,37H,3,10-13,17,19-20,36H2,1-2H3,(H,38,41). The molecule has 43 heavy (non-hydrogen) atoms. The van der Waals surface area contributed by atoms with E-state index in [4.69, 9.17) is 10.5 Å². The zero-order valence-corrected chi connectivity index (χ0v) is 24.5. The van der Waals surface area contributed by atoms with Crippen molar-refractivity contribution in [1.29, 1.82) is 0 Å². The van der Waals surface area contributed by atoms with Crippen molar-refractivity contribution in [3.05, 3.63) is 94.6 Å². The average Bonchev–Trinajstić information content (AvgIpc) is 3.41. The molecular weight excluding hydrogens is 554 g/mol. The number of fused-ring (bicyclic) bond motifs is 1. The van der Waals surface area contributed by atoms with Crippen LogP contribution in [0.5, 0.6) is 0 Å². The predicted octanol–water partition coefficient (Wildman–Crippen LogP) is 4.43. The van der Waals surface area contributed by atoms with Crippen molar-refractivity contribution >= 4 is 29.2 Å². The van der Waals surface area contributed by atoms with Crippen LogP contribution >= 0.6 is 0 Å². The van der Waals surface area contributed by atoms with Gasteiger partial charge in [-0.3, -0.25) is 14.4 Å². The van der Waals surface area contributed by atoms with Crippen LogP contribution in [0.25, 0.3) is 0 Å². The van der Waals surface area contributed by atoms with Gasteiger partial charge in [-0.2, -0.15) is 0 Å². The monoisotopic (exact) mass is 592 g/mol. The van der Waals surface area contributed by atoms with Crippen LogP contribution < -0.4 is 21.3 Å². The Morgan fingerprint density at radius 1 is 0.977 bits per heavy atom. The topological polar surface area (TPSA) is 114 Å². The van der Waals surface area contributed by atoms with Crippen molar-refractivity contribution < 1.29 is 27.9 Å². The van der Waals surface area contributed by atoms with E-state index in [2.05, 4.69) is 23.6 Å². The van der Waals surface area contributed by atoms with Gasteiger partial charge < -0.3 is 26.0 Å². The number of nitrogens with two attached hydrogens (primary N) is 1. The van der Waals surface area contributed by atoms with Crippen LogP contribution in [0, 0.1) is 11.6 Å². The Morgan fingerprint density at radius 3 is 2.42 bits per heavy atom. The third kappa shape index (κ3) is 8.92. The Bertz CT molecular complexity index is 1440. The highest BCUT2D eigenvalue weighted by Crippen LogP contribution is 2.35. The summed E-state index contributed by atoms with van der Waals surface area (Å²) in [6.07, 6.45) is 0.514. The van der Waals surface area contributed by atoms with Gasteiger partial charge in [-0.05, 0) is 59.7 Å². The molecule has 1 aliphatic heterocycles. The number of benzene rings is 3. The lowest BCUT2D eigenvalue weighted by Gasteiger charge is -2.25. The number of ether oxygens (including phenoxy) is 1. The quantitative estimate of drug-likeness (QED) is 0.253. The average molecular weight is 593 g/mol. The van der Waals surface area contributed by atoms with E-state index in [0.29, 0.717) is 36.4 Å². The molecule has 0 spiro atoms. The predicted molar refractivity (Wildman–Crippen MR) is 161 cm³/mol. The van der Waals surface area contributed by atoms with Gasteiger partial charge in [0.1, 0.15) is 17.7 Å². The third-order valence-corrected chi connectivity index (χ3v) is 7.43. The lowest BCUT2D eigenvalue weighted by molar-refractivity contribution is -0.150. The number of rotatable bonds is 13. The number of anilines is 2. The summed E-state index contributed by atoms with van der Waals surface area (Å²) >= 11 is 0. The third-order valence-electron chi connectivity index (χ3n) is 7.43. The van der Waals surface area contributed by atoms with E-state index in [0.717, 1.165) is 23.6 Å². The number of esters is 1. The number of carbonyl (C=O) groups is 3. The van der Waals surface area contributed by atoms with Crippen molar-refractivity contribution in [3.63, 3.8) is 0 Å². The maximum absolute atomic E-state index is 13.8. The fraction of sp³-hybridized carbons (Fsp3) is 0.364. The summed E-state index contributed by atoms with van der Waals surface area (Å²) in [5.74, 6) is -2.57. The van der Waals surface area contributed by atoms with E-state index in [-0.39, 0.29) is 31.7 Å². The van der Waals surface area contributed by atoms with Gasteiger partial charge in [0.25, 0.3) is 0 Å². The number of hydrogen-bond donors (Lipinski definition) is 3. The molecule has 3 aromatic rings. The van der Waals surface area contributed by atoms with Crippen LogP contribution in [0.3, 0.4) is 0 Å². The second-order valence-electron chi connectivity index (χ2n) is 10.8. The molecule has 0 fully saturated rings. The van der Waals surface area contributed by atoms with Gasteiger partial charge in [0.05, 0.1) is 17.8 Å². The van der Waals surface area contributed by atoms with Crippen LogP contribution in [-0.4, -0.2) is 43.0 Å². The number of carbonyl (C=O) groups excluding carboxylic acids is 3. The highest BCUT2D eigenvalue weighted by molar-refractivity contribution is 6.02. The first-order valence-corrected chi connectivity index (χ1v) is 14.5. The van der Waals surface area contributed by atoms with E-state index in [1.165, 1.54) is 24.6 Å². The summed E-state index contributed by atoms with van der Waals surface area (Å²) in [5, 5.41) is 6.08. The highest BCUT2D eigenvalue weighted by atomic mass is 19.1. The molecule has 0 bridgehead atoms. The second-order valence-corrected chi connectivity index (χ2v) is 10.8. The van der Waals surface area contributed by atoms with Gasteiger partial charge in [-0.25, -0.2) is 8.78 Å². The molecule has 8 nitrogen and oxygen atoms in total. The van der Waals surface area contributed by atoms with Gasteiger partial charge in [-0.1, -0.05) is 43.3 Å². The molecule has 228 valence electrons. The molecule has 0 saturated carbocycles. The van der Waals surface area contributed by atoms with E-state index >= 15 is 0 Å². The zero-order chi connectivity index (χ0) is 30.9. The van der Waals surface area contributed by atoms with Gasteiger partial charge >= 0.3 is 5.97 Å². The van der Waals surface area contributed by atoms with Gasteiger partial charge in [0.15, 0.2) is 0 Å². The molecule has 1 aliphatic rings. The number of amides is 2. The Kier molecular flexibility index (Phi) is 11.0. The Hall–Kier alpha value is -4.15. The minimum absolute atomic E-state index is 0.0753. The highest BCUT2D eigenvalue weighted by Gasteiger charge is 2.27. The largest absolute Gasteiger partial charge is 0.459 e. The minimum Gasteiger partial charge on any atom is -0.459 e. The Morgan fingerprint density at radius 2 is 1.70 bits per heavy atom. The summed E-state index contributed by atoms with van der Waals surface area (Å²) in [7, 11) is 0. The summed E-state index contributed by atoms with van der Waals surface area (Å²) in [4.78, 5) is 39.3. The summed E-state index contributed by atoms with van der Waals surface area (Å²) in [6, 6.07) is 16.0. The SMILES string of the molecule is CCc1cccc(CNCC(OC(=O)CCC(=O)Nc2cccc3c2N(C(C)=O)CC3)C(N)Cc2cc(F)cc(F)c2)c1. The fourth-order valence-electron chi connectivity index (χ4n) is 5.26. The maximum Gasteiger partial charge on any atom is 0.306 e. The molecule has 3 aromatic carbocycles. The van der Waals surface area contributed by atoms with Crippen molar-refractivity contribution in [2.75, 3.05) is 23.3 Å². The second kappa shape index (κ2) is 14.8. The van der Waals surface area contributed by atoms with Gasteiger partial charge in [0.2, 0.25) is 11.8 Å². The van der Waals surface area contributed by atoms with Gasteiger partial charge in [0, 0.05) is 45.1 Å². The molecule has 0 aliphatic carbocycles. The molecule has 4 rings (SSSR count). The summed E-state index contributed by atoms with van der Waals surface area (Å²) < 4.78 is 33.2. The van der Waals surface area contributed by atoms with Crippen LogP contribution in [-0.2, 0) is 44.9 Å². The first-order chi connectivity index (χ1) is 20.6. The molecule has 0 aromatic heterocycles. The molecule has 0 saturated heterocycles. The van der Waals surface area contributed by atoms with Crippen LogP contribution in [0.4, 0.5) is 20.2 Å². The van der Waals surface area contributed by atoms with E-state index in [1.807, 2.05) is 30.3 Å². The first kappa shape index (κ1) is 31.8. The van der Waals surface area contributed by atoms with Crippen molar-refractivity contribution in [2.24, 2.45) is 5.73 Å². The summed E-state index contributed by atoms with van der Waals surface area (Å²) in [6.45, 7) is 4.80. The Labute approximate surface area is 250 Å². The Balaban J connectivity index is 1.37. The molecule has 1 heterocycles. The minimum atomic E-state index is -0.822. The van der Waals surface area contributed by atoms with E-state index in [1.54, 1.807) is 11.0 Å². The lowest BCUT2D eigenvalue weighted by atomic mass is 10.0. The van der Waals surface area contributed by atoms with Crippen LogP contribution in [0.1, 0.15) is 48.9 Å². The lowest BCUT2D eigenvalue weighted by Crippen LogP contribution is -2.46. The molecular formula is C33H38F2N4O4. The first-order valence-electron chi connectivity index (χ1n) is 14.5. The number of nitrogens with one attached hydrogen (secondary N) is 2. The molecule has 4 N–H and O–H groups in total. The van der Waals surface area contributed by atoms with Crippen molar-refractivity contribution in [2.45, 2.75) is 64.6 Å². The van der Waals surface area contributed by atoms with Crippen LogP contribution in [0.15, 0.2) is 60.7 Å². The van der Waals surface area contributed by atoms with Crippen molar-refractivity contribution in [1.82, 2.24) is 5.32 Å². The van der Waals surface area contributed by atoms with E-state index in [9.17, 15) is 23.2 Å². The molecule has 0 radical (unpaired) electrons. The maximum atomic E-state index is 13.8. The normalized spacial score (nSPS) is 13.7. The summed E-state index contributed by atoms with van der Waals surface area (Å²) in [5.41, 5.74) is 11.2. The number of hydrogen-bond acceptors (Lipinski definition) is 6. The number of halogens is 2. The molecule has 10 heteroatoms. The van der Waals surface area contributed by atoms with Crippen LogP contribution in [0.2, 0.25) is 0 Å². The van der Waals surface area contributed by atoms with E-state index < -0.39 is 35.7 Å². The molecule has 2 unspecified atom stereocenters. The van der Waals surface area contributed by atoms with Gasteiger partial charge in [-0.15, -0.1) is 0 Å². The number of nitrogens with zero attached hydrogens (tertiary/aromatic N) is 1. The molecule has 2 amide bonds. The molecule has 2 atom stereocenters.